The second kappa shape index (κ2) is 5.35. The molecule has 0 aliphatic rings. The van der Waals surface area contributed by atoms with Gasteiger partial charge in [0, 0.05) is 5.56 Å². The summed E-state index contributed by atoms with van der Waals surface area (Å²) in [7, 11) is 0. The van der Waals surface area contributed by atoms with Crippen LogP contribution in [0.1, 0.15) is 10.4 Å². The summed E-state index contributed by atoms with van der Waals surface area (Å²) in [5.74, 6) is -1.64. The Balaban J connectivity index is 2.52. The fourth-order valence-corrected chi connectivity index (χ4v) is 1.82. The Morgan fingerprint density at radius 3 is 2.43 bits per heavy atom. The van der Waals surface area contributed by atoms with Gasteiger partial charge in [-0.3, -0.25) is 4.79 Å². The molecule has 1 amide bonds. The normalized spacial score (nSPS) is 11.2. The molecule has 0 heterocycles. The summed E-state index contributed by atoms with van der Waals surface area (Å²) in [5.41, 5.74) is 5.29. The first-order chi connectivity index (χ1) is 9.78. The van der Waals surface area contributed by atoms with Crippen molar-refractivity contribution in [1.82, 2.24) is 0 Å². The van der Waals surface area contributed by atoms with E-state index in [4.69, 9.17) is 5.73 Å². The number of para-hydroxylation sites is 1. The third-order valence-corrected chi connectivity index (χ3v) is 2.69. The standard InChI is InChI=1S/C14H10F3NO3/c15-14(16,17)21-12-4-2-1-3-9(12)8-5-6-11(19)10(7-8)13(18)20/h1-7,19H,(H2,18,20). The van der Waals surface area contributed by atoms with Crippen molar-refractivity contribution in [2.45, 2.75) is 6.36 Å². The van der Waals surface area contributed by atoms with Crippen LogP contribution in [-0.4, -0.2) is 17.4 Å². The number of hydrogen-bond acceptors (Lipinski definition) is 3. The molecule has 0 spiro atoms. The number of aromatic hydroxyl groups is 1. The summed E-state index contributed by atoms with van der Waals surface area (Å²) in [6.45, 7) is 0. The Bertz CT molecular complexity index is 683. The zero-order valence-corrected chi connectivity index (χ0v) is 10.5. The molecule has 3 N–H and O–H groups in total. The predicted octanol–water partition coefficient (Wildman–Crippen LogP) is 3.06. The molecule has 0 aromatic heterocycles. The number of nitrogens with two attached hydrogens (primary N) is 1. The summed E-state index contributed by atoms with van der Waals surface area (Å²) < 4.78 is 41.1. The SMILES string of the molecule is NC(=O)c1cc(-c2ccccc2OC(F)(F)F)ccc1O. The Labute approximate surface area is 117 Å². The van der Waals surface area contributed by atoms with Gasteiger partial charge in [-0.25, -0.2) is 0 Å². The Kier molecular flexibility index (Phi) is 3.75. The van der Waals surface area contributed by atoms with E-state index in [1.807, 2.05) is 0 Å². The maximum absolute atomic E-state index is 12.4. The van der Waals surface area contributed by atoms with Crippen LogP contribution in [-0.2, 0) is 0 Å². The van der Waals surface area contributed by atoms with Gasteiger partial charge in [0.25, 0.3) is 5.91 Å². The predicted molar refractivity (Wildman–Crippen MR) is 68.7 cm³/mol. The first-order valence-corrected chi connectivity index (χ1v) is 5.76. The number of primary amides is 1. The third kappa shape index (κ3) is 3.44. The molecule has 2 aromatic rings. The summed E-state index contributed by atoms with van der Waals surface area (Å²) >= 11 is 0. The van der Waals surface area contributed by atoms with Gasteiger partial charge in [0.1, 0.15) is 11.5 Å². The molecule has 0 radical (unpaired) electrons. The van der Waals surface area contributed by atoms with E-state index in [0.29, 0.717) is 0 Å². The largest absolute Gasteiger partial charge is 0.573 e. The molecule has 0 aliphatic heterocycles. The minimum atomic E-state index is -4.83. The topological polar surface area (TPSA) is 72.6 Å². The first kappa shape index (κ1) is 14.7. The number of alkyl halides is 3. The summed E-state index contributed by atoms with van der Waals surface area (Å²) in [5, 5.41) is 9.50. The van der Waals surface area contributed by atoms with Gasteiger partial charge in [0.15, 0.2) is 0 Å². The number of halogens is 3. The Morgan fingerprint density at radius 1 is 1.14 bits per heavy atom. The number of amides is 1. The Morgan fingerprint density at radius 2 is 1.81 bits per heavy atom. The molecule has 2 aromatic carbocycles. The maximum atomic E-state index is 12.4. The lowest BCUT2D eigenvalue weighted by atomic mass is 10.0. The van der Waals surface area contributed by atoms with Crippen LogP contribution in [0.15, 0.2) is 42.5 Å². The molecule has 0 unspecified atom stereocenters. The Hall–Kier alpha value is -2.70. The van der Waals surface area contributed by atoms with Gasteiger partial charge in [0.05, 0.1) is 5.56 Å². The molecule has 0 saturated heterocycles. The smallest absolute Gasteiger partial charge is 0.507 e. The van der Waals surface area contributed by atoms with Crippen molar-refractivity contribution < 1.29 is 27.8 Å². The van der Waals surface area contributed by atoms with Gasteiger partial charge < -0.3 is 15.6 Å². The lowest BCUT2D eigenvalue weighted by Crippen LogP contribution is -2.17. The lowest BCUT2D eigenvalue weighted by Gasteiger charge is -2.14. The van der Waals surface area contributed by atoms with Crippen LogP contribution < -0.4 is 10.5 Å². The van der Waals surface area contributed by atoms with E-state index in [1.54, 1.807) is 0 Å². The molecule has 0 bridgehead atoms. The molecule has 0 saturated carbocycles. The van der Waals surface area contributed by atoms with E-state index in [-0.39, 0.29) is 22.4 Å². The van der Waals surface area contributed by atoms with E-state index < -0.39 is 18.0 Å². The van der Waals surface area contributed by atoms with Gasteiger partial charge in [-0.15, -0.1) is 13.2 Å². The molecule has 0 fully saturated rings. The van der Waals surface area contributed by atoms with Gasteiger partial charge in [-0.2, -0.15) is 0 Å². The number of benzene rings is 2. The van der Waals surface area contributed by atoms with E-state index in [9.17, 15) is 23.1 Å². The van der Waals surface area contributed by atoms with Crippen LogP contribution in [0.25, 0.3) is 11.1 Å². The summed E-state index contributed by atoms with van der Waals surface area (Å²) in [4.78, 5) is 11.2. The molecule has 110 valence electrons. The fourth-order valence-electron chi connectivity index (χ4n) is 1.82. The molecule has 4 nitrogen and oxygen atoms in total. The van der Waals surface area contributed by atoms with E-state index in [1.165, 1.54) is 36.4 Å². The molecule has 21 heavy (non-hydrogen) atoms. The van der Waals surface area contributed by atoms with Crippen molar-refractivity contribution in [2.75, 3.05) is 0 Å². The first-order valence-electron chi connectivity index (χ1n) is 5.76. The van der Waals surface area contributed by atoms with Crippen LogP contribution in [0.2, 0.25) is 0 Å². The second-order valence-corrected chi connectivity index (χ2v) is 4.14. The van der Waals surface area contributed by atoms with E-state index in [2.05, 4.69) is 4.74 Å². The number of hydrogen-bond donors (Lipinski definition) is 2. The highest BCUT2D eigenvalue weighted by atomic mass is 19.4. The molecule has 2 rings (SSSR count). The highest BCUT2D eigenvalue weighted by Crippen LogP contribution is 2.35. The fraction of sp³-hybridized carbons (Fsp3) is 0.0714. The zero-order chi connectivity index (χ0) is 15.6. The minimum absolute atomic E-state index is 0.123. The van der Waals surface area contributed by atoms with Crippen molar-refractivity contribution in [3.8, 4) is 22.6 Å². The quantitative estimate of drug-likeness (QED) is 0.914. The van der Waals surface area contributed by atoms with Crippen LogP contribution in [0, 0.1) is 0 Å². The van der Waals surface area contributed by atoms with Crippen LogP contribution in [0.5, 0.6) is 11.5 Å². The average Bonchev–Trinajstić information content (AvgIpc) is 2.38. The third-order valence-electron chi connectivity index (χ3n) is 2.69. The van der Waals surface area contributed by atoms with Crippen molar-refractivity contribution >= 4 is 5.91 Å². The number of carbonyl (C=O) groups excluding carboxylic acids is 1. The highest BCUT2D eigenvalue weighted by molar-refractivity contribution is 5.97. The van der Waals surface area contributed by atoms with Crippen molar-refractivity contribution in [3.05, 3.63) is 48.0 Å². The second-order valence-electron chi connectivity index (χ2n) is 4.14. The van der Waals surface area contributed by atoms with Crippen LogP contribution in [0.3, 0.4) is 0 Å². The van der Waals surface area contributed by atoms with Gasteiger partial charge in [0.2, 0.25) is 0 Å². The monoisotopic (exact) mass is 297 g/mol. The zero-order valence-electron chi connectivity index (χ0n) is 10.5. The molecule has 7 heteroatoms. The van der Waals surface area contributed by atoms with Crippen LogP contribution in [0.4, 0.5) is 13.2 Å². The van der Waals surface area contributed by atoms with Gasteiger partial charge >= 0.3 is 6.36 Å². The molecular formula is C14H10F3NO3. The number of rotatable bonds is 3. The molecule has 0 aliphatic carbocycles. The van der Waals surface area contributed by atoms with Crippen molar-refractivity contribution in [1.29, 1.82) is 0 Å². The van der Waals surface area contributed by atoms with E-state index >= 15 is 0 Å². The van der Waals surface area contributed by atoms with Gasteiger partial charge in [-0.1, -0.05) is 24.3 Å². The van der Waals surface area contributed by atoms with Crippen molar-refractivity contribution in [3.63, 3.8) is 0 Å². The number of carbonyl (C=O) groups is 1. The summed E-state index contributed by atoms with van der Waals surface area (Å²) in [6.07, 6.45) is -4.83. The highest BCUT2D eigenvalue weighted by Gasteiger charge is 2.32. The molecule has 0 atom stereocenters. The number of phenols is 1. The van der Waals surface area contributed by atoms with Crippen molar-refractivity contribution in [2.24, 2.45) is 5.73 Å². The van der Waals surface area contributed by atoms with Crippen LogP contribution >= 0.6 is 0 Å². The average molecular weight is 297 g/mol. The number of ether oxygens (including phenoxy) is 1. The maximum Gasteiger partial charge on any atom is 0.573 e. The molecular weight excluding hydrogens is 287 g/mol. The van der Waals surface area contributed by atoms with E-state index in [0.717, 1.165) is 6.07 Å². The minimum Gasteiger partial charge on any atom is -0.507 e. The van der Waals surface area contributed by atoms with Gasteiger partial charge in [-0.05, 0) is 23.8 Å². The lowest BCUT2D eigenvalue weighted by molar-refractivity contribution is -0.274. The summed E-state index contributed by atoms with van der Waals surface area (Å²) in [6, 6.07) is 9.21.